The fourth-order valence-electron chi connectivity index (χ4n) is 3.96. The summed E-state index contributed by atoms with van der Waals surface area (Å²) in [5, 5.41) is 4.12. The summed E-state index contributed by atoms with van der Waals surface area (Å²) < 4.78 is 16.1. The molecule has 1 aromatic heterocycles. The molecule has 1 amide bonds. The van der Waals surface area contributed by atoms with E-state index in [1.165, 1.54) is 0 Å². The van der Waals surface area contributed by atoms with E-state index in [0.717, 1.165) is 30.4 Å². The van der Waals surface area contributed by atoms with Crippen LogP contribution in [-0.4, -0.2) is 41.7 Å². The van der Waals surface area contributed by atoms with E-state index >= 15 is 0 Å². The monoisotopic (exact) mass is 435 g/mol. The quantitative estimate of drug-likeness (QED) is 0.485. The van der Waals surface area contributed by atoms with Crippen LogP contribution in [0.15, 0.2) is 53.1 Å². The van der Waals surface area contributed by atoms with Gasteiger partial charge in [0.2, 0.25) is 17.6 Å². The molecule has 1 aliphatic rings. The van der Waals surface area contributed by atoms with E-state index in [1.54, 1.807) is 14.2 Å². The number of ether oxygens (including phenoxy) is 2. The highest BCUT2D eigenvalue weighted by molar-refractivity contribution is 5.80. The SMILES string of the molecule is COc1ccc(-c2noc(CCN(C(=O)C3CCC3)[C@@H](C)c3ccccc3)n2)cc1OC. The van der Waals surface area contributed by atoms with Crippen molar-refractivity contribution in [2.45, 2.75) is 38.6 Å². The summed E-state index contributed by atoms with van der Waals surface area (Å²) in [6, 6.07) is 15.6. The van der Waals surface area contributed by atoms with Crippen LogP contribution in [0.25, 0.3) is 11.4 Å². The minimum atomic E-state index is -0.0162. The highest BCUT2D eigenvalue weighted by Crippen LogP contribution is 2.33. The van der Waals surface area contributed by atoms with Crippen molar-refractivity contribution >= 4 is 5.91 Å². The average Bonchev–Trinajstić information content (AvgIpc) is 3.27. The first-order valence-corrected chi connectivity index (χ1v) is 11.0. The number of nitrogens with zero attached hydrogens (tertiary/aromatic N) is 3. The summed E-state index contributed by atoms with van der Waals surface area (Å²) in [7, 11) is 3.18. The van der Waals surface area contributed by atoms with Crippen molar-refractivity contribution in [3.8, 4) is 22.9 Å². The summed E-state index contributed by atoms with van der Waals surface area (Å²) in [6.45, 7) is 2.60. The van der Waals surface area contributed by atoms with Gasteiger partial charge in [-0.25, -0.2) is 0 Å². The lowest BCUT2D eigenvalue weighted by atomic mass is 9.84. The van der Waals surface area contributed by atoms with Gasteiger partial charge in [0.05, 0.1) is 20.3 Å². The van der Waals surface area contributed by atoms with Crippen molar-refractivity contribution in [2.75, 3.05) is 20.8 Å². The molecule has 0 aliphatic heterocycles. The number of hydrogen-bond donors (Lipinski definition) is 0. The summed E-state index contributed by atoms with van der Waals surface area (Å²) in [6.07, 6.45) is 3.57. The molecule has 32 heavy (non-hydrogen) atoms. The lowest BCUT2D eigenvalue weighted by Gasteiger charge is -2.35. The number of carbonyl (C=O) groups is 1. The van der Waals surface area contributed by atoms with Crippen LogP contribution in [0, 0.1) is 5.92 Å². The summed E-state index contributed by atoms with van der Waals surface area (Å²) in [5.41, 5.74) is 1.90. The zero-order valence-corrected chi connectivity index (χ0v) is 18.8. The molecule has 0 bridgehead atoms. The van der Waals surface area contributed by atoms with Crippen LogP contribution in [-0.2, 0) is 11.2 Å². The maximum absolute atomic E-state index is 13.2. The normalized spacial score (nSPS) is 14.5. The van der Waals surface area contributed by atoms with Crippen molar-refractivity contribution in [2.24, 2.45) is 5.92 Å². The molecule has 7 heteroatoms. The Labute approximate surface area is 188 Å². The molecule has 2 aromatic carbocycles. The van der Waals surface area contributed by atoms with E-state index in [0.29, 0.717) is 36.2 Å². The van der Waals surface area contributed by atoms with Crippen molar-refractivity contribution in [3.63, 3.8) is 0 Å². The molecule has 0 spiro atoms. The third-order valence-corrected chi connectivity index (χ3v) is 6.16. The smallest absolute Gasteiger partial charge is 0.228 e. The third-order valence-electron chi connectivity index (χ3n) is 6.16. The Balaban J connectivity index is 1.49. The number of hydrogen-bond acceptors (Lipinski definition) is 6. The van der Waals surface area contributed by atoms with E-state index in [2.05, 4.69) is 29.2 Å². The second kappa shape index (κ2) is 9.85. The Morgan fingerprint density at radius 1 is 1.12 bits per heavy atom. The third kappa shape index (κ3) is 4.61. The van der Waals surface area contributed by atoms with Crippen molar-refractivity contribution in [1.29, 1.82) is 0 Å². The molecule has 0 radical (unpaired) electrons. The van der Waals surface area contributed by atoms with Crippen LogP contribution >= 0.6 is 0 Å². The highest BCUT2D eigenvalue weighted by atomic mass is 16.5. The average molecular weight is 436 g/mol. The Morgan fingerprint density at radius 3 is 2.53 bits per heavy atom. The van der Waals surface area contributed by atoms with Gasteiger partial charge in [0.25, 0.3) is 0 Å². The van der Waals surface area contributed by atoms with Crippen molar-refractivity contribution in [1.82, 2.24) is 15.0 Å². The Kier molecular flexibility index (Phi) is 6.73. The summed E-state index contributed by atoms with van der Waals surface area (Å²) in [5.74, 6) is 2.57. The van der Waals surface area contributed by atoms with Gasteiger partial charge in [-0.2, -0.15) is 4.98 Å². The molecule has 1 atom stereocenters. The van der Waals surface area contributed by atoms with E-state index in [-0.39, 0.29) is 17.9 Å². The number of rotatable bonds is 9. The Morgan fingerprint density at radius 2 is 1.88 bits per heavy atom. The molecule has 1 saturated carbocycles. The number of benzene rings is 2. The van der Waals surface area contributed by atoms with E-state index < -0.39 is 0 Å². The predicted octanol–water partition coefficient (Wildman–Crippen LogP) is 4.69. The van der Waals surface area contributed by atoms with Crippen LogP contribution in [0.3, 0.4) is 0 Å². The molecular formula is C25H29N3O4. The fraction of sp³-hybridized carbons (Fsp3) is 0.400. The molecular weight excluding hydrogens is 406 g/mol. The van der Waals surface area contributed by atoms with Crippen molar-refractivity contribution in [3.05, 3.63) is 60.0 Å². The molecule has 7 nitrogen and oxygen atoms in total. The maximum atomic E-state index is 13.2. The molecule has 0 saturated heterocycles. The Hall–Kier alpha value is -3.35. The molecule has 0 N–H and O–H groups in total. The van der Waals surface area contributed by atoms with E-state index in [4.69, 9.17) is 14.0 Å². The molecule has 0 unspecified atom stereocenters. The van der Waals surface area contributed by atoms with Crippen LogP contribution in [0.5, 0.6) is 11.5 Å². The van der Waals surface area contributed by atoms with Gasteiger partial charge >= 0.3 is 0 Å². The minimum Gasteiger partial charge on any atom is -0.493 e. The standard InChI is InChI=1S/C25H29N3O4/c1-17(18-8-5-4-6-9-18)28(25(29)19-10-7-11-19)15-14-23-26-24(27-32-23)20-12-13-21(30-2)22(16-20)31-3/h4-6,8-9,12-13,16-17,19H,7,10-11,14-15H2,1-3H3/t17-/m0/s1. The molecule has 4 rings (SSSR count). The van der Waals surface area contributed by atoms with Crippen LogP contribution < -0.4 is 9.47 Å². The number of aromatic nitrogens is 2. The van der Waals surface area contributed by atoms with Gasteiger partial charge in [0, 0.05) is 24.4 Å². The first kappa shape index (κ1) is 21.9. The zero-order valence-electron chi connectivity index (χ0n) is 18.8. The van der Waals surface area contributed by atoms with E-state index in [9.17, 15) is 4.79 Å². The molecule has 168 valence electrons. The summed E-state index contributed by atoms with van der Waals surface area (Å²) >= 11 is 0. The second-order valence-electron chi connectivity index (χ2n) is 8.08. The van der Waals surface area contributed by atoms with Gasteiger partial charge in [0.15, 0.2) is 11.5 Å². The maximum Gasteiger partial charge on any atom is 0.228 e. The fourth-order valence-corrected chi connectivity index (χ4v) is 3.96. The molecule has 1 fully saturated rings. The van der Waals surface area contributed by atoms with Gasteiger partial charge in [0.1, 0.15) is 0 Å². The largest absolute Gasteiger partial charge is 0.493 e. The van der Waals surface area contributed by atoms with Gasteiger partial charge in [-0.3, -0.25) is 4.79 Å². The van der Waals surface area contributed by atoms with Crippen LogP contribution in [0.4, 0.5) is 0 Å². The van der Waals surface area contributed by atoms with Gasteiger partial charge in [-0.05, 0) is 43.5 Å². The Bertz CT molecular complexity index is 1050. The first-order valence-electron chi connectivity index (χ1n) is 11.0. The molecule has 3 aromatic rings. The summed E-state index contributed by atoms with van der Waals surface area (Å²) in [4.78, 5) is 19.7. The minimum absolute atomic E-state index is 0.0162. The number of amides is 1. The van der Waals surface area contributed by atoms with Crippen LogP contribution in [0.2, 0.25) is 0 Å². The van der Waals surface area contributed by atoms with Gasteiger partial charge in [-0.1, -0.05) is 41.9 Å². The zero-order chi connectivity index (χ0) is 22.5. The molecule has 1 heterocycles. The van der Waals surface area contributed by atoms with E-state index in [1.807, 2.05) is 41.3 Å². The van der Waals surface area contributed by atoms with Gasteiger partial charge in [-0.15, -0.1) is 0 Å². The second-order valence-corrected chi connectivity index (χ2v) is 8.08. The highest BCUT2D eigenvalue weighted by Gasteiger charge is 2.32. The van der Waals surface area contributed by atoms with Gasteiger partial charge < -0.3 is 18.9 Å². The lowest BCUT2D eigenvalue weighted by molar-refractivity contribution is -0.140. The number of methoxy groups -OCH3 is 2. The van der Waals surface area contributed by atoms with Crippen molar-refractivity contribution < 1.29 is 18.8 Å². The lowest BCUT2D eigenvalue weighted by Crippen LogP contribution is -2.41. The number of carbonyl (C=O) groups excluding carboxylic acids is 1. The topological polar surface area (TPSA) is 77.7 Å². The molecule has 1 aliphatic carbocycles. The predicted molar refractivity (Wildman–Crippen MR) is 120 cm³/mol. The van der Waals surface area contributed by atoms with Crippen LogP contribution in [0.1, 0.15) is 43.7 Å². The first-order chi connectivity index (χ1) is 15.6.